The fourth-order valence-corrected chi connectivity index (χ4v) is 4.53. The van der Waals surface area contributed by atoms with Crippen molar-refractivity contribution < 1.29 is 19.4 Å². The molecule has 1 saturated carbocycles. The van der Waals surface area contributed by atoms with Gasteiger partial charge in [-0.05, 0) is 50.1 Å². The summed E-state index contributed by atoms with van der Waals surface area (Å²) in [6.45, 7) is 2.30. The molecule has 30 heavy (non-hydrogen) atoms. The molecule has 2 heterocycles. The summed E-state index contributed by atoms with van der Waals surface area (Å²) in [5.74, 6) is -1.11. The highest BCUT2D eigenvalue weighted by molar-refractivity contribution is 6.47. The second kappa shape index (κ2) is 8.48. The molecule has 7 heteroatoms. The second-order valence-corrected chi connectivity index (χ2v) is 7.88. The zero-order chi connectivity index (χ0) is 21.3. The molecule has 1 N–H and O–H groups in total. The summed E-state index contributed by atoms with van der Waals surface area (Å²) >= 11 is 6.34. The first-order valence-corrected chi connectivity index (χ1v) is 10.5. The van der Waals surface area contributed by atoms with Crippen LogP contribution in [0.15, 0.2) is 48.2 Å². The molecule has 2 fully saturated rings. The average Bonchev–Trinajstić information content (AvgIpc) is 3.37. The van der Waals surface area contributed by atoms with E-state index in [1.807, 2.05) is 6.92 Å². The summed E-state index contributed by atoms with van der Waals surface area (Å²) in [4.78, 5) is 32.1. The molecule has 0 spiro atoms. The summed E-state index contributed by atoms with van der Waals surface area (Å²) in [6.07, 6.45) is 5.29. The number of ketones is 1. The van der Waals surface area contributed by atoms with Crippen molar-refractivity contribution in [3.8, 4) is 5.75 Å². The molecule has 0 bridgehead atoms. The Hall–Kier alpha value is -2.86. The summed E-state index contributed by atoms with van der Waals surface area (Å²) < 4.78 is 5.51. The Morgan fingerprint density at radius 2 is 2.00 bits per heavy atom. The normalized spacial score (nSPS) is 21.4. The molecule has 1 unspecified atom stereocenters. The van der Waals surface area contributed by atoms with Crippen LogP contribution in [0.3, 0.4) is 0 Å². The Kier molecular flexibility index (Phi) is 5.77. The Balaban J connectivity index is 1.88. The standard InChI is InChI=1S/C23H23ClN2O4/c1-2-30-15-10-11-17(24)16(13-15)21(27)19-20(18-9-5-6-12-25-18)26(23(29)22(19)28)14-7-3-4-8-14/h5-6,9-14,20,27H,2-4,7-8H2,1H3/b21-19+. The predicted octanol–water partition coefficient (Wildman–Crippen LogP) is 4.50. The summed E-state index contributed by atoms with van der Waals surface area (Å²) in [7, 11) is 0. The number of carbonyl (C=O) groups excluding carboxylic acids is 2. The van der Waals surface area contributed by atoms with Gasteiger partial charge < -0.3 is 14.7 Å². The Labute approximate surface area is 180 Å². The SMILES string of the molecule is CCOc1ccc(Cl)c(/C(O)=C2\C(=O)C(=O)N(C3CCCC3)C2c2ccccn2)c1. The number of aliphatic hydroxyl groups is 1. The van der Waals surface area contributed by atoms with E-state index in [1.54, 1.807) is 47.5 Å². The van der Waals surface area contributed by atoms with Gasteiger partial charge in [-0.2, -0.15) is 0 Å². The number of amides is 1. The van der Waals surface area contributed by atoms with Crippen molar-refractivity contribution in [3.05, 3.63) is 64.4 Å². The lowest BCUT2D eigenvalue weighted by Crippen LogP contribution is -2.37. The van der Waals surface area contributed by atoms with Crippen LogP contribution in [0.25, 0.3) is 5.76 Å². The smallest absolute Gasteiger partial charge is 0.295 e. The van der Waals surface area contributed by atoms with Crippen molar-refractivity contribution in [1.29, 1.82) is 0 Å². The van der Waals surface area contributed by atoms with Crippen molar-refractivity contribution in [1.82, 2.24) is 9.88 Å². The topological polar surface area (TPSA) is 79.7 Å². The lowest BCUT2D eigenvalue weighted by Gasteiger charge is -2.30. The summed E-state index contributed by atoms with van der Waals surface area (Å²) in [5.41, 5.74) is 0.816. The van der Waals surface area contributed by atoms with Crippen LogP contribution in [0.1, 0.15) is 49.9 Å². The van der Waals surface area contributed by atoms with E-state index in [2.05, 4.69) is 4.98 Å². The maximum absolute atomic E-state index is 13.1. The lowest BCUT2D eigenvalue weighted by molar-refractivity contribution is -0.141. The molecule has 2 aliphatic rings. The van der Waals surface area contributed by atoms with E-state index in [4.69, 9.17) is 16.3 Å². The highest BCUT2D eigenvalue weighted by Crippen LogP contribution is 2.43. The number of hydrogen-bond acceptors (Lipinski definition) is 5. The molecule has 1 saturated heterocycles. The summed E-state index contributed by atoms with van der Waals surface area (Å²) in [5, 5.41) is 11.5. The van der Waals surface area contributed by atoms with E-state index in [0.29, 0.717) is 18.1 Å². The van der Waals surface area contributed by atoms with Crippen molar-refractivity contribution >= 4 is 29.1 Å². The number of aliphatic hydroxyl groups excluding tert-OH is 1. The molecule has 6 nitrogen and oxygen atoms in total. The minimum Gasteiger partial charge on any atom is -0.507 e. The van der Waals surface area contributed by atoms with E-state index in [9.17, 15) is 14.7 Å². The Bertz CT molecular complexity index is 1000. The molecule has 1 aliphatic heterocycles. The number of rotatable bonds is 5. The molecule has 1 aliphatic carbocycles. The van der Waals surface area contributed by atoms with E-state index < -0.39 is 17.7 Å². The van der Waals surface area contributed by atoms with Gasteiger partial charge in [0.15, 0.2) is 0 Å². The fraction of sp³-hybridized carbons (Fsp3) is 0.348. The highest BCUT2D eigenvalue weighted by Gasteiger charge is 2.49. The average molecular weight is 427 g/mol. The molecular weight excluding hydrogens is 404 g/mol. The third-order valence-corrected chi connectivity index (χ3v) is 6.00. The molecule has 1 amide bonds. The van der Waals surface area contributed by atoms with E-state index >= 15 is 0 Å². The van der Waals surface area contributed by atoms with Gasteiger partial charge >= 0.3 is 0 Å². The van der Waals surface area contributed by atoms with Gasteiger partial charge in [0.1, 0.15) is 17.6 Å². The summed E-state index contributed by atoms with van der Waals surface area (Å²) in [6, 6.07) is 9.42. The third kappa shape index (κ3) is 3.56. The number of ether oxygens (including phenoxy) is 1. The number of likely N-dealkylation sites (tertiary alicyclic amines) is 1. The number of halogens is 1. The Morgan fingerprint density at radius 3 is 2.67 bits per heavy atom. The first kappa shape index (κ1) is 20.4. The van der Waals surface area contributed by atoms with Crippen LogP contribution in [0.4, 0.5) is 0 Å². The lowest BCUT2D eigenvalue weighted by atomic mass is 9.97. The molecule has 156 valence electrons. The van der Waals surface area contributed by atoms with Gasteiger partial charge in [-0.1, -0.05) is 30.5 Å². The maximum atomic E-state index is 13.1. The highest BCUT2D eigenvalue weighted by atomic mass is 35.5. The van der Waals surface area contributed by atoms with Gasteiger partial charge in [-0.3, -0.25) is 14.6 Å². The van der Waals surface area contributed by atoms with E-state index in [0.717, 1.165) is 25.7 Å². The van der Waals surface area contributed by atoms with Gasteiger partial charge in [0.2, 0.25) is 0 Å². The molecule has 2 aromatic rings. The zero-order valence-electron chi connectivity index (χ0n) is 16.7. The molecule has 4 rings (SSSR count). The van der Waals surface area contributed by atoms with Gasteiger partial charge in [0.05, 0.1) is 22.9 Å². The number of benzene rings is 1. The van der Waals surface area contributed by atoms with Gasteiger partial charge in [0, 0.05) is 17.8 Å². The molecule has 1 atom stereocenters. The third-order valence-electron chi connectivity index (χ3n) is 5.67. The quantitative estimate of drug-likeness (QED) is 0.432. The number of pyridine rings is 1. The number of Topliss-reactive ketones (excluding diaryl/α,β-unsaturated/α-hetero) is 1. The van der Waals surface area contributed by atoms with Gasteiger partial charge in [-0.25, -0.2) is 0 Å². The zero-order valence-corrected chi connectivity index (χ0v) is 17.4. The van der Waals surface area contributed by atoms with E-state index in [-0.39, 0.29) is 28.0 Å². The van der Waals surface area contributed by atoms with Crippen LogP contribution in [-0.4, -0.2) is 39.3 Å². The van der Waals surface area contributed by atoms with Crippen molar-refractivity contribution in [2.24, 2.45) is 0 Å². The first-order chi connectivity index (χ1) is 14.5. The monoisotopic (exact) mass is 426 g/mol. The van der Waals surface area contributed by atoms with E-state index in [1.165, 1.54) is 0 Å². The van der Waals surface area contributed by atoms with Crippen molar-refractivity contribution in [2.75, 3.05) is 6.61 Å². The predicted molar refractivity (Wildman–Crippen MR) is 113 cm³/mol. The second-order valence-electron chi connectivity index (χ2n) is 7.47. The van der Waals surface area contributed by atoms with Crippen LogP contribution in [0.5, 0.6) is 5.75 Å². The Morgan fingerprint density at radius 1 is 1.23 bits per heavy atom. The molecular formula is C23H23ClN2O4. The van der Waals surface area contributed by atoms with Crippen LogP contribution in [0.2, 0.25) is 5.02 Å². The number of nitrogens with zero attached hydrogens (tertiary/aromatic N) is 2. The molecule has 1 aromatic heterocycles. The van der Waals surface area contributed by atoms with Crippen LogP contribution >= 0.6 is 11.6 Å². The van der Waals surface area contributed by atoms with Crippen LogP contribution in [0, 0.1) is 0 Å². The number of carbonyl (C=O) groups is 2. The first-order valence-electron chi connectivity index (χ1n) is 10.2. The van der Waals surface area contributed by atoms with Gasteiger partial charge in [-0.15, -0.1) is 0 Å². The minimum absolute atomic E-state index is 0.0150. The van der Waals surface area contributed by atoms with Crippen molar-refractivity contribution in [3.63, 3.8) is 0 Å². The minimum atomic E-state index is -0.749. The van der Waals surface area contributed by atoms with Crippen LogP contribution < -0.4 is 4.74 Å². The number of hydrogen-bond donors (Lipinski definition) is 1. The number of aromatic nitrogens is 1. The van der Waals surface area contributed by atoms with Crippen molar-refractivity contribution in [2.45, 2.75) is 44.7 Å². The van der Waals surface area contributed by atoms with Gasteiger partial charge in [0.25, 0.3) is 11.7 Å². The fourth-order valence-electron chi connectivity index (χ4n) is 4.32. The molecule has 0 radical (unpaired) electrons. The largest absolute Gasteiger partial charge is 0.507 e. The van der Waals surface area contributed by atoms with Crippen LogP contribution in [-0.2, 0) is 9.59 Å². The maximum Gasteiger partial charge on any atom is 0.295 e. The molecule has 1 aromatic carbocycles.